The van der Waals surface area contributed by atoms with Gasteiger partial charge in [-0.15, -0.1) is 0 Å². The number of carbonyl (C=O) groups is 1. The molecule has 0 aliphatic carbocycles. The molecule has 0 radical (unpaired) electrons. The summed E-state index contributed by atoms with van der Waals surface area (Å²) in [6, 6.07) is 4.16. The van der Waals surface area contributed by atoms with E-state index in [0.29, 0.717) is 6.54 Å². The third-order valence-electron chi connectivity index (χ3n) is 3.16. The Balaban J connectivity index is 2.24. The van der Waals surface area contributed by atoms with Crippen molar-refractivity contribution in [1.82, 2.24) is 14.3 Å². The molecule has 0 aromatic carbocycles. The number of carboxylic acid groups (broad SMARTS) is 1. The minimum Gasteiger partial charge on any atom is -0.480 e. The van der Waals surface area contributed by atoms with Crippen LogP contribution in [-0.2, 0) is 11.3 Å². The van der Waals surface area contributed by atoms with E-state index in [9.17, 15) is 4.79 Å². The first-order valence-electron chi connectivity index (χ1n) is 6.36. The van der Waals surface area contributed by atoms with E-state index in [-0.39, 0.29) is 12.6 Å². The van der Waals surface area contributed by atoms with Crippen molar-refractivity contribution in [3.8, 4) is 0 Å². The van der Waals surface area contributed by atoms with Gasteiger partial charge in [-0.05, 0) is 32.4 Å². The van der Waals surface area contributed by atoms with Crippen molar-refractivity contribution in [1.29, 1.82) is 0 Å². The van der Waals surface area contributed by atoms with Gasteiger partial charge in [0, 0.05) is 25.0 Å². The van der Waals surface area contributed by atoms with Crippen LogP contribution in [0.15, 0.2) is 24.5 Å². The third kappa shape index (κ3) is 3.12. The molecule has 0 saturated heterocycles. The molecule has 0 atom stereocenters. The lowest BCUT2D eigenvalue weighted by molar-refractivity contribution is -0.138. The van der Waals surface area contributed by atoms with Crippen LogP contribution in [0.2, 0.25) is 0 Å². The summed E-state index contributed by atoms with van der Waals surface area (Å²) in [6.45, 7) is 6.58. The predicted molar refractivity (Wildman–Crippen MR) is 73.1 cm³/mol. The van der Waals surface area contributed by atoms with Gasteiger partial charge >= 0.3 is 5.97 Å². The molecule has 0 fully saturated rings. The molecule has 0 amide bonds. The molecule has 5 heteroatoms. The second-order valence-electron chi connectivity index (χ2n) is 5.05. The first-order valence-corrected chi connectivity index (χ1v) is 6.36. The molecule has 102 valence electrons. The van der Waals surface area contributed by atoms with Gasteiger partial charge in [-0.25, -0.2) is 4.98 Å². The number of aromatic nitrogens is 2. The minimum absolute atomic E-state index is 0.0323. The van der Waals surface area contributed by atoms with Gasteiger partial charge in [0.2, 0.25) is 0 Å². The summed E-state index contributed by atoms with van der Waals surface area (Å²) < 4.78 is 1.98. The standard InChI is InChI=1S/C14H19N3O2/c1-10(2)17(9-13(18)19)8-12-7-16-6-4-5-11(3)14(16)15-12/h4-7,10H,8-9H2,1-3H3,(H,18,19). The van der Waals surface area contributed by atoms with E-state index in [1.54, 1.807) is 0 Å². The summed E-state index contributed by atoms with van der Waals surface area (Å²) in [7, 11) is 0. The average Bonchev–Trinajstić information content (AvgIpc) is 2.71. The highest BCUT2D eigenvalue weighted by atomic mass is 16.4. The smallest absolute Gasteiger partial charge is 0.317 e. The van der Waals surface area contributed by atoms with Crippen molar-refractivity contribution in [2.24, 2.45) is 0 Å². The normalized spacial score (nSPS) is 11.6. The van der Waals surface area contributed by atoms with Crippen LogP contribution in [0.5, 0.6) is 0 Å². The van der Waals surface area contributed by atoms with Crippen LogP contribution in [0, 0.1) is 6.92 Å². The Hall–Kier alpha value is -1.88. The van der Waals surface area contributed by atoms with Gasteiger partial charge < -0.3 is 9.51 Å². The van der Waals surface area contributed by atoms with E-state index in [1.165, 1.54) is 0 Å². The fourth-order valence-corrected chi connectivity index (χ4v) is 2.08. The lowest BCUT2D eigenvalue weighted by Gasteiger charge is -2.23. The highest BCUT2D eigenvalue weighted by Gasteiger charge is 2.15. The van der Waals surface area contributed by atoms with Crippen molar-refractivity contribution in [3.63, 3.8) is 0 Å². The largest absolute Gasteiger partial charge is 0.480 e. The lowest BCUT2D eigenvalue weighted by atomic mass is 10.3. The van der Waals surface area contributed by atoms with Gasteiger partial charge in [-0.1, -0.05) is 6.07 Å². The van der Waals surface area contributed by atoms with E-state index in [2.05, 4.69) is 4.98 Å². The van der Waals surface area contributed by atoms with Crippen LogP contribution in [0.1, 0.15) is 25.1 Å². The van der Waals surface area contributed by atoms with Crippen LogP contribution in [0.4, 0.5) is 0 Å². The highest BCUT2D eigenvalue weighted by molar-refractivity contribution is 5.69. The number of fused-ring (bicyclic) bond motifs is 1. The molecule has 2 aromatic heterocycles. The maximum Gasteiger partial charge on any atom is 0.317 e. The zero-order valence-electron chi connectivity index (χ0n) is 11.5. The number of rotatable bonds is 5. The van der Waals surface area contributed by atoms with Gasteiger partial charge in [0.25, 0.3) is 0 Å². The second kappa shape index (κ2) is 5.40. The van der Waals surface area contributed by atoms with Crippen LogP contribution < -0.4 is 0 Å². The fourth-order valence-electron chi connectivity index (χ4n) is 2.08. The monoisotopic (exact) mass is 261 g/mol. The fraction of sp³-hybridized carbons (Fsp3) is 0.429. The van der Waals surface area contributed by atoms with Gasteiger partial charge in [0.15, 0.2) is 0 Å². The molecule has 0 aliphatic rings. The Morgan fingerprint density at radius 3 is 2.84 bits per heavy atom. The molecular weight excluding hydrogens is 242 g/mol. The molecule has 0 aliphatic heterocycles. The zero-order valence-corrected chi connectivity index (χ0v) is 11.5. The van der Waals surface area contributed by atoms with E-state index < -0.39 is 5.97 Å². The van der Waals surface area contributed by atoms with Crippen molar-refractivity contribution in [2.45, 2.75) is 33.4 Å². The maximum atomic E-state index is 10.9. The summed E-state index contributed by atoms with van der Waals surface area (Å²) >= 11 is 0. The number of hydrogen-bond donors (Lipinski definition) is 1. The van der Waals surface area contributed by atoms with Crippen molar-refractivity contribution >= 4 is 11.6 Å². The Morgan fingerprint density at radius 2 is 2.26 bits per heavy atom. The predicted octanol–water partition coefficient (Wildman–Crippen LogP) is 1.94. The maximum absolute atomic E-state index is 10.9. The van der Waals surface area contributed by atoms with E-state index in [0.717, 1.165) is 16.9 Å². The van der Waals surface area contributed by atoms with Crippen LogP contribution in [0.25, 0.3) is 5.65 Å². The molecule has 2 aromatic rings. The van der Waals surface area contributed by atoms with Gasteiger partial charge in [0.05, 0.1) is 12.2 Å². The lowest BCUT2D eigenvalue weighted by Crippen LogP contribution is -2.35. The summed E-state index contributed by atoms with van der Waals surface area (Å²) in [5.74, 6) is -0.811. The molecule has 0 saturated carbocycles. The molecule has 0 bridgehead atoms. The van der Waals surface area contributed by atoms with E-state index in [1.807, 2.05) is 54.6 Å². The minimum atomic E-state index is -0.811. The Morgan fingerprint density at radius 1 is 1.53 bits per heavy atom. The highest BCUT2D eigenvalue weighted by Crippen LogP contribution is 2.12. The van der Waals surface area contributed by atoms with Crippen molar-refractivity contribution in [2.75, 3.05) is 6.54 Å². The quantitative estimate of drug-likeness (QED) is 0.893. The molecule has 0 unspecified atom stereocenters. The van der Waals surface area contributed by atoms with Crippen molar-refractivity contribution < 1.29 is 9.90 Å². The summed E-state index contributed by atoms with van der Waals surface area (Å²) in [5.41, 5.74) is 2.93. The molecular formula is C14H19N3O2. The van der Waals surface area contributed by atoms with E-state index in [4.69, 9.17) is 5.11 Å². The summed E-state index contributed by atoms with van der Waals surface area (Å²) in [6.07, 6.45) is 3.91. The molecule has 1 N–H and O–H groups in total. The second-order valence-corrected chi connectivity index (χ2v) is 5.05. The number of aryl methyl sites for hydroxylation is 1. The number of carboxylic acids is 1. The molecule has 0 spiro atoms. The number of aliphatic carboxylic acids is 1. The first-order chi connectivity index (χ1) is 8.97. The average molecular weight is 261 g/mol. The van der Waals surface area contributed by atoms with Crippen LogP contribution in [-0.4, -0.2) is 37.9 Å². The van der Waals surface area contributed by atoms with Crippen molar-refractivity contribution in [3.05, 3.63) is 35.8 Å². The first kappa shape index (κ1) is 13.5. The molecule has 5 nitrogen and oxygen atoms in total. The number of pyridine rings is 1. The van der Waals surface area contributed by atoms with Gasteiger partial charge in [0.1, 0.15) is 5.65 Å². The molecule has 19 heavy (non-hydrogen) atoms. The Labute approximate surface area is 112 Å². The van der Waals surface area contributed by atoms with Gasteiger partial charge in [-0.2, -0.15) is 0 Å². The number of nitrogens with zero attached hydrogens (tertiary/aromatic N) is 3. The topological polar surface area (TPSA) is 57.8 Å². The molecule has 2 rings (SSSR count). The Kier molecular flexibility index (Phi) is 3.85. The Bertz CT molecular complexity index is 589. The van der Waals surface area contributed by atoms with E-state index >= 15 is 0 Å². The number of hydrogen-bond acceptors (Lipinski definition) is 3. The van der Waals surface area contributed by atoms with Crippen LogP contribution in [0.3, 0.4) is 0 Å². The third-order valence-corrected chi connectivity index (χ3v) is 3.16. The number of imidazole rings is 1. The van der Waals surface area contributed by atoms with Gasteiger partial charge in [-0.3, -0.25) is 9.69 Å². The molecule has 2 heterocycles. The zero-order chi connectivity index (χ0) is 14.0. The SMILES string of the molecule is Cc1cccn2cc(CN(CC(=O)O)C(C)C)nc12. The van der Waals surface area contributed by atoms with Crippen LogP contribution >= 0.6 is 0 Å². The summed E-state index contributed by atoms with van der Waals surface area (Å²) in [4.78, 5) is 17.3. The summed E-state index contributed by atoms with van der Waals surface area (Å²) in [5, 5.41) is 8.93.